The summed E-state index contributed by atoms with van der Waals surface area (Å²) in [7, 11) is 5.42. The molecule has 6 bridgehead atoms. The van der Waals surface area contributed by atoms with E-state index < -0.39 is 91.5 Å². The van der Waals surface area contributed by atoms with E-state index in [2.05, 4.69) is 34.6 Å². The standard InChI is InChI=1S/C58H86O15Si/c1-14-74(15-2,16-3)73-48-32-47-34-52(68-38-41-19-23-44(63-10)24-20-41)56(7,8)57(65-12,71-47)36-49-30-42(31-53(60)64-11)29-45(69-49)27-28-55(5,6)58(66-13)51(59)26-25-46(72-58)33-50(70-54(61)35-48)39(4)67-37-40-17-21-43(62-9)22-18-40/h17-24,27-28,31,39,45-50,52H,14-16,25-26,29-30,32-38H2,1-13H3/b28-27+,42-31+/t39-,45+,46+,47-,48-,49+,50-,52+,57+,58-/m1/s1. The van der Waals surface area contributed by atoms with Crippen molar-refractivity contribution in [2.24, 2.45) is 10.8 Å². The van der Waals surface area contributed by atoms with E-state index in [1.165, 1.54) is 20.3 Å². The molecule has 2 aromatic rings. The first kappa shape index (κ1) is 59.3. The Labute approximate surface area is 441 Å². The van der Waals surface area contributed by atoms with Crippen LogP contribution in [0.5, 0.6) is 11.5 Å². The lowest BCUT2D eigenvalue weighted by Crippen LogP contribution is -2.63. The molecule has 0 aromatic heterocycles. The number of ketones is 1. The second-order valence-electron chi connectivity index (χ2n) is 21.7. The molecule has 0 aliphatic carbocycles. The molecule has 10 atom stereocenters. The van der Waals surface area contributed by atoms with Crippen molar-refractivity contribution in [1.82, 2.24) is 0 Å². The second-order valence-corrected chi connectivity index (χ2v) is 26.4. The average Bonchev–Trinajstić information content (AvgIpc) is 3.39. The van der Waals surface area contributed by atoms with Gasteiger partial charge in [-0.25, -0.2) is 4.79 Å². The van der Waals surface area contributed by atoms with Crippen LogP contribution < -0.4 is 9.47 Å². The molecule has 15 nitrogen and oxygen atoms in total. The van der Waals surface area contributed by atoms with Gasteiger partial charge in [0.25, 0.3) is 0 Å². The summed E-state index contributed by atoms with van der Waals surface area (Å²) in [6.45, 7) is 17.0. The number of fused-ring (bicyclic) bond motifs is 6. The van der Waals surface area contributed by atoms with Crippen LogP contribution in [0.25, 0.3) is 0 Å². The van der Waals surface area contributed by atoms with Gasteiger partial charge in [-0.15, -0.1) is 0 Å². The number of esters is 2. The molecule has 4 heterocycles. The highest BCUT2D eigenvalue weighted by Crippen LogP contribution is 2.52. The summed E-state index contributed by atoms with van der Waals surface area (Å²) in [5.74, 6) is -2.63. The second kappa shape index (κ2) is 25.9. The van der Waals surface area contributed by atoms with E-state index in [1.54, 1.807) is 21.3 Å². The number of Topliss-reactive ketones (excluding diaryl/α,β-unsaturated/α-hetero) is 1. The third kappa shape index (κ3) is 13.9. The van der Waals surface area contributed by atoms with Gasteiger partial charge in [0.2, 0.25) is 5.79 Å². The first-order valence-electron chi connectivity index (χ1n) is 26.7. The molecule has 2 aromatic carbocycles. The van der Waals surface area contributed by atoms with E-state index in [1.807, 2.05) is 81.5 Å². The summed E-state index contributed by atoms with van der Waals surface area (Å²) < 4.78 is 77.4. The normalized spacial score (nSPS) is 31.1. The molecular formula is C58H86O15Si. The predicted octanol–water partition coefficient (Wildman–Crippen LogP) is 10.5. The van der Waals surface area contributed by atoms with Crippen LogP contribution in [0.1, 0.15) is 124 Å². The molecule has 0 unspecified atom stereocenters. The molecule has 0 spiro atoms. The van der Waals surface area contributed by atoms with Crippen LogP contribution in [-0.4, -0.2) is 122 Å². The van der Waals surface area contributed by atoms with Crippen LogP contribution in [-0.2, 0) is 74.7 Å². The highest BCUT2D eigenvalue weighted by molar-refractivity contribution is 6.73. The van der Waals surface area contributed by atoms with Crippen molar-refractivity contribution in [3.63, 3.8) is 0 Å². The monoisotopic (exact) mass is 1050 g/mol. The fourth-order valence-corrected chi connectivity index (χ4v) is 14.3. The van der Waals surface area contributed by atoms with Crippen molar-refractivity contribution in [2.45, 2.75) is 205 Å². The van der Waals surface area contributed by atoms with E-state index in [9.17, 15) is 14.4 Å². The predicted molar refractivity (Wildman–Crippen MR) is 282 cm³/mol. The van der Waals surface area contributed by atoms with Crippen LogP contribution >= 0.6 is 0 Å². The molecule has 4 aliphatic heterocycles. The zero-order chi connectivity index (χ0) is 53.9. The molecule has 74 heavy (non-hydrogen) atoms. The maximum absolute atomic E-state index is 14.8. The lowest BCUT2D eigenvalue weighted by Gasteiger charge is -2.56. The van der Waals surface area contributed by atoms with Gasteiger partial charge in [0.1, 0.15) is 17.6 Å². The Morgan fingerprint density at radius 2 is 1.41 bits per heavy atom. The van der Waals surface area contributed by atoms with Gasteiger partial charge >= 0.3 is 11.9 Å². The molecule has 3 fully saturated rings. The molecule has 0 amide bonds. The van der Waals surface area contributed by atoms with Crippen molar-refractivity contribution in [3.05, 3.63) is 83.5 Å². The summed E-state index contributed by atoms with van der Waals surface area (Å²) >= 11 is 0. The van der Waals surface area contributed by atoms with Crippen LogP contribution in [0.3, 0.4) is 0 Å². The molecule has 4 aliphatic rings. The highest BCUT2D eigenvalue weighted by atomic mass is 28.4. The summed E-state index contributed by atoms with van der Waals surface area (Å²) in [6, 6.07) is 18.1. The fraction of sp³-hybridized carbons (Fsp3) is 0.672. The van der Waals surface area contributed by atoms with E-state index in [-0.39, 0.29) is 38.1 Å². The Hall–Kier alpha value is -3.97. The molecule has 412 valence electrons. The molecule has 0 saturated carbocycles. The molecule has 16 heteroatoms. The van der Waals surface area contributed by atoms with E-state index in [0.29, 0.717) is 38.7 Å². The van der Waals surface area contributed by atoms with Gasteiger partial charge in [0.05, 0.1) is 83.7 Å². The first-order chi connectivity index (χ1) is 35.2. The molecule has 3 saturated heterocycles. The number of benzene rings is 2. The van der Waals surface area contributed by atoms with Crippen molar-refractivity contribution in [3.8, 4) is 11.5 Å². The third-order valence-electron chi connectivity index (χ3n) is 16.4. The van der Waals surface area contributed by atoms with Crippen molar-refractivity contribution in [1.29, 1.82) is 0 Å². The minimum atomic E-state index is -2.35. The van der Waals surface area contributed by atoms with Crippen molar-refractivity contribution < 1.29 is 70.9 Å². The Morgan fingerprint density at radius 3 is 1.99 bits per heavy atom. The Balaban J connectivity index is 1.45. The number of cyclic esters (lactones) is 1. The van der Waals surface area contributed by atoms with Crippen molar-refractivity contribution >= 4 is 26.0 Å². The minimum Gasteiger partial charge on any atom is -0.497 e. The van der Waals surface area contributed by atoms with Crippen LogP contribution in [0, 0.1) is 10.8 Å². The molecule has 0 N–H and O–H groups in total. The van der Waals surface area contributed by atoms with Gasteiger partial charge in [0.15, 0.2) is 19.9 Å². The largest absolute Gasteiger partial charge is 0.497 e. The maximum Gasteiger partial charge on any atom is 0.330 e. The molecule has 6 rings (SSSR count). The number of hydrogen-bond donors (Lipinski definition) is 0. The number of ether oxygens (including phenoxy) is 11. The molecular weight excluding hydrogens is 965 g/mol. The summed E-state index contributed by atoms with van der Waals surface area (Å²) in [5, 5.41) is 0. The third-order valence-corrected chi connectivity index (χ3v) is 21.1. The zero-order valence-electron chi connectivity index (χ0n) is 46.5. The lowest BCUT2D eigenvalue weighted by molar-refractivity contribution is -0.362. The summed E-state index contributed by atoms with van der Waals surface area (Å²) in [5.41, 5.74) is 0.918. The van der Waals surface area contributed by atoms with Crippen LogP contribution in [0.15, 0.2) is 72.3 Å². The number of hydrogen-bond acceptors (Lipinski definition) is 15. The average molecular weight is 1050 g/mol. The van der Waals surface area contributed by atoms with E-state index in [4.69, 9.17) is 56.5 Å². The molecule has 0 radical (unpaired) electrons. The maximum atomic E-state index is 14.8. The summed E-state index contributed by atoms with van der Waals surface area (Å²) in [6.07, 6.45) is 3.60. The van der Waals surface area contributed by atoms with Gasteiger partial charge < -0.3 is 56.5 Å². The number of carbonyl (C=O) groups excluding carboxylic acids is 3. The van der Waals surface area contributed by atoms with Gasteiger partial charge in [-0.2, -0.15) is 0 Å². The number of carbonyl (C=O) groups is 3. The van der Waals surface area contributed by atoms with Gasteiger partial charge in [-0.1, -0.05) is 90.5 Å². The van der Waals surface area contributed by atoms with Crippen LogP contribution in [0.4, 0.5) is 0 Å². The quantitative estimate of drug-likeness (QED) is 0.0636. The van der Waals surface area contributed by atoms with Gasteiger partial charge in [-0.3, -0.25) is 9.59 Å². The zero-order valence-corrected chi connectivity index (χ0v) is 47.5. The van der Waals surface area contributed by atoms with E-state index >= 15 is 0 Å². The smallest absolute Gasteiger partial charge is 0.330 e. The van der Waals surface area contributed by atoms with Gasteiger partial charge in [-0.05, 0) is 86.1 Å². The minimum absolute atomic E-state index is 0.0456. The Bertz CT molecular complexity index is 2200. The Kier molecular flexibility index (Phi) is 20.8. The highest BCUT2D eigenvalue weighted by Gasteiger charge is 2.59. The number of methoxy groups -OCH3 is 5. The fourth-order valence-electron chi connectivity index (χ4n) is 11.4. The summed E-state index contributed by atoms with van der Waals surface area (Å²) in [4.78, 5) is 41.9. The lowest BCUT2D eigenvalue weighted by atomic mass is 9.70. The van der Waals surface area contributed by atoms with Crippen LogP contribution in [0.2, 0.25) is 18.1 Å². The number of rotatable bonds is 17. The van der Waals surface area contributed by atoms with Crippen molar-refractivity contribution in [2.75, 3.05) is 35.5 Å². The van der Waals surface area contributed by atoms with E-state index in [0.717, 1.165) is 46.3 Å². The Morgan fingerprint density at radius 1 is 0.770 bits per heavy atom. The van der Waals surface area contributed by atoms with Gasteiger partial charge in [0, 0.05) is 56.8 Å². The SMILES string of the molecule is CC[Si](CC)(CC)O[C@H]1CC(=O)O[C@@H]([C@@H](C)OCc2ccc(OC)cc2)C[C@@H]2CCC(=O)[C@@](OC)(O2)C(C)(C)/C=C/[C@H]2C/C(=C\C(=O)OC)C[C@@H](C[C@]3(OC)O[C@H](C1)C[C@H](OCc1ccc(OC)cc1)C3(C)C)O2. The topological polar surface area (TPSA) is 162 Å². The first-order valence-corrected chi connectivity index (χ1v) is 29.3.